The second-order valence-electron chi connectivity index (χ2n) is 4.87. The molecular formula is C16H17NO2. The highest BCUT2D eigenvalue weighted by atomic mass is 16.5. The first-order valence-corrected chi connectivity index (χ1v) is 6.52. The summed E-state index contributed by atoms with van der Waals surface area (Å²) < 4.78 is 5.66. The number of ether oxygens (including phenoxy) is 1. The summed E-state index contributed by atoms with van der Waals surface area (Å²) in [6.07, 6.45) is 0.942. The molecule has 1 unspecified atom stereocenters. The van der Waals surface area contributed by atoms with Crippen LogP contribution in [0.15, 0.2) is 42.5 Å². The minimum atomic E-state index is 0.258. The van der Waals surface area contributed by atoms with E-state index in [2.05, 4.69) is 11.4 Å². The van der Waals surface area contributed by atoms with E-state index in [1.54, 1.807) is 12.1 Å². The molecule has 98 valence electrons. The fraction of sp³-hybridized carbons (Fsp3) is 0.250. The maximum Gasteiger partial charge on any atom is 0.124 e. The Hall–Kier alpha value is -2.16. The van der Waals surface area contributed by atoms with E-state index in [-0.39, 0.29) is 6.04 Å². The van der Waals surface area contributed by atoms with Crippen molar-refractivity contribution in [2.75, 3.05) is 11.9 Å². The molecule has 1 aliphatic heterocycles. The smallest absolute Gasteiger partial charge is 0.124 e. The standard InChI is InChI=1S/C16H17NO2/c1-11-10-12(18)6-7-14(11)17-15-8-9-19-16-5-3-2-4-13(15)16/h2-7,10,15,17-18H,8-9H2,1H3. The minimum absolute atomic E-state index is 0.258. The van der Waals surface area contributed by atoms with Crippen LogP contribution < -0.4 is 10.1 Å². The van der Waals surface area contributed by atoms with E-state index in [0.717, 1.165) is 30.0 Å². The first-order valence-electron chi connectivity index (χ1n) is 6.52. The molecule has 0 radical (unpaired) electrons. The zero-order chi connectivity index (χ0) is 13.2. The first-order chi connectivity index (χ1) is 9.24. The molecule has 0 fully saturated rings. The third kappa shape index (κ3) is 2.36. The largest absolute Gasteiger partial charge is 0.508 e. The number of rotatable bonds is 2. The summed E-state index contributed by atoms with van der Waals surface area (Å²) >= 11 is 0. The lowest BCUT2D eigenvalue weighted by Crippen LogP contribution is -2.20. The van der Waals surface area contributed by atoms with Crippen LogP contribution in [0.5, 0.6) is 11.5 Å². The number of phenols is 1. The normalized spacial score (nSPS) is 17.4. The Morgan fingerprint density at radius 2 is 2.05 bits per heavy atom. The fourth-order valence-electron chi connectivity index (χ4n) is 2.49. The van der Waals surface area contributed by atoms with Crippen molar-refractivity contribution in [3.8, 4) is 11.5 Å². The van der Waals surface area contributed by atoms with Crippen molar-refractivity contribution in [3.05, 3.63) is 53.6 Å². The van der Waals surface area contributed by atoms with Gasteiger partial charge in [-0.15, -0.1) is 0 Å². The molecule has 1 atom stereocenters. The molecule has 3 heteroatoms. The van der Waals surface area contributed by atoms with E-state index in [1.165, 1.54) is 5.56 Å². The molecular weight excluding hydrogens is 238 g/mol. The average molecular weight is 255 g/mol. The van der Waals surface area contributed by atoms with Crippen LogP contribution in [0, 0.1) is 6.92 Å². The number of benzene rings is 2. The zero-order valence-corrected chi connectivity index (χ0v) is 10.9. The Kier molecular flexibility index (Phi) is 3.03. The van der Waals surface area contributed by atoms with Crippen LogP contribution in [0.1, 0.15) is 23.6 Å². The zero-order valence-electron chi connectivity index (χ0n) is 10.9. The number of hydrogen-bond donors (Lipinski definition) is 2. The molecule has 3 rings (SSSR count). The van der Waals surface area contributed by atoms with Crippen molar-refractivity contribution in [1.82, 2.24) is 0 Å². The molecule has 0 aliphatic carbocycles. The molecule has 0 bridgehead atoms. The van der Waals surface area contributed by atoms with E-state index < -0.39 is 0 Å². The molecule has 19 heavy (non-hydrogen) atoms. The van der Waals surface area contributed by atoms with Crippen molar-refractivity contribution in [1.29, 1.82) is 0 Å². The Balaban J connectivity index is 1.88. The number of aryl methyl sites for hydroxylation is 1. The van der Waals surface area contributed by atoms with Gasteiger partial charge in [-0.1, -0.05) is 18.2 Å². The number of fused-ring (bicyclic) bond motifs is 1. The molecule has 2 N–H and O–H groups in total. The lowest BCUT2D eigenvalue weighted by molar-refractivity contribution is 0.274. The van der Waals surface area contributed by atoms with E-state index in [9.17, 15) is 5.11 Å². The predicted octanol–water partition coefficient (Wildman–Crippen LogP) is 3.64. The van der Waals surface area contributed by atoms with Gasteiger partial charge in [0.1, 0.15) is 11.5 Å². The number of nitrogens with one attached hydrogen (secondary N) is 1. The molecule has 2 aromatic rings. The Bertz CT molecular complexity index is 595. The van der Waals surface area contributed by atoms with Gasteiger partial charge >= 0.3 is 0 Å². The molecule has 2 aromatic carbocycles. The molecule has 0 amide bonds. The van der Waals surface area contributed by atoms with Gasteiger partial charge in [-0.05, 0) is 36.8 Å². The van der Waals surface area contributed by atoms with Crippen molar-refractivity contribution < 1.29 is 9.84 Å². The van der Waals surface area contributed by atoms with Gasteiger partial charge in [0.15, 0.2) is 0 Å². The topological polar surface area (TPSA) is 41.5 Å². The van der Waals surface area contributed by atoms with Crippen LogP contribution in [-0.2, 0) is 0 Å². The number of phenolic OH excluding ortho intramolecular Hbond substituents is 1. The third-order valence-electron chi connectivity index (χ3n) is 3.50. The van der Waals surface area contributed by atoms with Gasteiger partial charge in [-0.25, -0.2) is 0 Å². The molecule has 0 spiro atoms. The summed E-state index contributed by atoms with van der Waals surface area (Å²) in [5.74, 6) is 1.26. The second-order valence-corrected chi connectivity index (χ2v) is 4.87. The van der Waals surface area contributed by atoms with Crippen LogP contribution in [0.25, 0.3) is 0 Å². The van der Waals surface area contributed by atoms with Gasteiger partial charge in [0.05, 0.1) is 12.6 Å². The van der Waals surface area contributed by atoms with Gasteiger partial charge in [-0.3, -0.25) is 0 Å². The number of hydrogen-bond acceptors (Lipinski definition) is 3. The Morgan fingerprint density at radius 3 is 2.89 bits per heavy atom. The van der Waals surface area contributed by atoms with Crippen LogP contribution in [-0.4, -0.2) is 11.7 Å². The molecule has 1 heterocycles. The van der Waals surface area contributed by atoms with Crippen molar-refractivity contribution >= 4 is 5.69 Å². The SMILES string of the molecule is Cc1cc(O)ccc1NC1CCOc2ccccc21. The number of anilines is 1. The summed E-state index contributed by atoms with van der Waals surface area (Å²) in [4.78, 5) is 0. The van der Waals surface area contributed by atoms with E-state index in [4.69, 9.17) is 4.74 Å². The summed E-state index contributed by atoms with van der Waals surface area (Å²) in [5.41, 5.74) is 3.30. The van der Waals surface area contributed by atoms with Gasteiger partial charge in [0.25, 0.3) is 0 Å². The second kappa shape index (κ2) is 4.84. The van der Waals surface area contributed by atoms with E-state index >= 15 is 0 Å². The molecule has 1 aliphatic rings. The number of para-hydroxylation sites is 1. The molecule has 0 saturated carbocycles. The maximum absolute atomic E-state index is 9.45. The predicted molar refractivity (Wildman–Crippen MR) is 75.8 cm³/mol. The summed E-state index contributed by atoms with van der Waals surface area (Å²) in [6, 6.07) is 13.8. The highest BCUT2D eigenvalue weighted by Gasteiger charge is 2.21. The first kappa shape index (κ1) is 11.9. The van der Waals surface area contributed by atoms with Crippen molar-refractivity contribution in [3.63, 3.8) is 0 Å². The van der Waals surface area contributed by atoms with E-state index in [1.807, 2.05) is 31.2 Å². The molecule has 0 aromatic heterocycles. The summed E-state index contributed by atoms with van der Waals surface area (Å²) in [5, 5.41) is 13.0. The van der Waals surface area contributed by atoms with Crippen LogP contribution in [0.2, 0.25) is 0 Å². The Morgan fingerprint density at radius 1 is 1.21 bits per heavy atom. The molecule has 0 saturated heterocycles. The lowest BCUT2D eigenvalue weighted by atomic mass is 10.00. The summed E-state index contributed by atoms with van der Waals surface area (Å²) in [7, 11) is 0. The molecule has 3 nitrogen and oxygen atoms in total. The average Bonchev–Trinajstić information content (AvgIpc) is 2.42. The minimum Gasteiger partial charge on any atom is -0.508 e. The van der Waals surface area contributed by atoms with Gasteiger partial charge in [0, 0.05) is 17.7 Å². The van der Waals surface area contributed by atoms with E-state index in [0.29, 0.717) is 5.75 Å². The lowest BCUT2D eigenvalue weighted by Gasteiger charge is -2.28. The number of aromatic hydroxyl groups is 1. The van der Waals surface area contributed by atoms with Crippen molar-refractivity contribution in [2.45, 2.75) is 19.4 Å². The Labute approximate surface area is 112 Å². The highest BCUT2D eigenvalue weighted by Crippen LogP contribution is 2.35. The van der Waals surface area contributed by atoms with Crippen molar-refractivity contribution in [2.24, 2.45) is 0 Å². The van der Waals surface area contributed by atoms with Crippen LogP contribution in [0.4, 0.5) is 5.69 Å². The van der Waals surface area contributed by atoms with Crippen LogP contribution >= 0.6 is 0 Å². The monoisotopic (exact) mass is 255 g/mol. The highest BCUT2D eigenvalue weighted by molar-refractivity contribution is 5.55. The fourth-order valence-corrected chi connectivity index (χ4v) is 2.49. The van der Waals surface area contributed by atoms with Gasteiger partial charge in [0.2, 0.25) is 0 Å². The van der Waals surface area contributed by atoms with Gasteiger partial charge in [-0.2, -0.15) is 0 Å². The summed E-state index contributed by atoms with van der Waals surface area (Å²) in [6.45, 7) is 2.72. The maximum atomic E-state index is 9.45. The van der Waals surface area contributed by atoms with Gasteiger partial charge < -0.3 is 15.2 Å². The third-order valence-corrected chi connectivity index (χ3v) is 3.50. The van der Waals surface area contributed by atoms with Crippen LogP contribution in [0.3, 0.4) is 0 Å². The quantitative estimate of drug-likeness (QED) is 0.805.